The first-order valence-electron chi connectivity index (χ1n) is 9.17. The molecule has 140 valence electrons. The lowest BCUT2D eigenvalue weighted by atomic mass is 9.65. The quantitative estimate of drug-likeness (QED) is 0.626. The van der Waals surface area contributed by atoms with Gasteiger partial charge in [0.1, 0.15) is 0 Å². The standard InChI is InChI=1S/C19H26N4O3/c20-16(24)10-22-18(25)13-5-2-6-15(9-13)23-19(26)14-7-11-3-1-4-12(8-14)17(11)21/h2,5-6,9,11-12,14,17H,1,3-4,7-8,10,21H2,(H2,20,24)(H,22,25)(H,23,26). The van der Waals surface area contributed by atoms with Crippen LogP contribution in [0.3, 0.4) is 0 Å². The Labute approximate surface area is 152 Å². The van der Waals surface area contributed by atoms with Crippen LogP contribution < -0.4 is 22.1 Å². The molecule has 26 heavy (non-hydrogen) atoms. The van der Waals surface area contributed by atoms with E-state index in [1.165, 1.54) is 6.42 Å². The van der Waals surface area contributed by atoms with Crippen LogP contribution in [0.4, 0.5) is 5.69 Å². The van der Waals surface area contributed by atoms with Gasteiger partial charge >= 0.3 is 0 Å². The number of hydrogen-bond donors (Lipinski definition) is 4. The molecule has 0 aromatic heterocycles. The predicted molar refractivity (Wildman–Crippen MR) is 98.1 cm³/mol. The van der Waals surface area contributed by atoms with Crippen LogP contribution >= 0.6 is 0 Å². The number of carbonyl (C=O) groups is 3. The fourth-order valence-electron chi connectivity index (χ4n) is 4.26. The summed E-state index contributed by atoms with van der Waals surface area (Å²) in [7, 11) is 0. The Morgan fingerprint density at radius 2 is 1.81 bits per heavy atom. The average Bonchev–Trinajstić information content (AvgIpc) is 2.59. The molecule has 3 rings (SSSR count). The van der Waals surface area contributed by atoms with Gasteiger partial charge < -0.3 is 22.1 Å². The summed E-state index contributed by atoms with van der Waals surface area (Å²) in [6.45, 7) is -0.222. The molecule has 2 fully saturated rings. The van der Waals surface area contributed by atoms with Crippen molar-refractivity contribution in [2.45, 2.75) is 38.1 Å². The molecule has 1 aromatic rings. The van der Waals surface area contributed by atoms with Gasteiger partial charge in [0.05, 0.1) is 6.54 Å². The number of carbonyl (C=O) groups excluding carboxylic acids is 3. The van der Waals surface area contributed by atoms with E-state index in [1.54, 1.807) is 24.3 Å². The third-order valence-corrected chi connectivity index (χ3v) is 5.60. The van der Waals surface area contributed by atoms with E-state index in [1.807, 2.05) is 0 Å². The Bertz CT molecular complexity index is 692. The molecule has 6 N–H and O–H groups in total. The SMILES string of the molecule is NC(=O)CNC(=O)c1cccc(NC(=O)C2CC3CCCC(C2)C3N)c1. The zero-order valence-corrected chi connectivity index (χ0v) is 14.7. The molecule has 7 nitrogen and oxygen atoms in total. The van der Waals surface area contributed by atoms with E-state index in [9.17, 15) is 14.4 Å². The molecule has 0 saturated heterocycles. The van der Waals surface area contributed by atoms with Crippen molar-refractivity contribution in [3.63, 3.8) is 0 Å². The first-order chi connectivity index (χ1) is 12.4. The molecule has 7 heteroatoms. The van der Waals surface area contributed by atoms with Crippen LogP contribution in [-0.2, 0) is 9.59 Å². The van der Waals surface area contributed by atoms with Gasteiger partial charge in [0.15, 0.2) is 0 Å². The summed E-state index contributed by atoms with van der Waals surface area (Å²) in [5, 5.41) is 5.36. The van der Waals surface area contributed by atoms with Crippen molar-refractivity contribution < 1.29 is 14.4 Å². The summed E-state index contributed by atoms with van der Waals surface area (Å²) in [6, 6.07) is 6.89. The maximum absolute atomic E-state index is 12.7. The van der Waals surface area contributed by atoms with E-state index in [0.29, 0.717) is 23.1 Å². The molecule has 1 aromatic carbocycles. The molecular weight excluding hydrogens is 332 g/mol. The minimum absolute atomic E-state index is 0.0107. The first kappa shape index (κ1) is 18.4. The highest BCUT2D eigenvalue weighted by atomic mass is 16.2. The molecule has 2 aliphatic carbocycles. The van der Waals surface area contributed by atoms with E-state index in [2.05, 4.69) is 10.6 Å². The van der Waals surface area contributed by atoms with Crippen LogP contribution in [0.5, 0.6) is 0 Å². The molecule has 2 unspecified atom stereocenters. The molecule has 2 aliphatic rings. The first-order valence-corrected chi connectivity index (χ1v) is 9.17. The van der Waals surface area contributed by atoms with Gasteiger partial charge in [-0.1, -0.05) is 12.5 Å². The monoisotopic (exact) mass is 358 g/mol. The highest BCUT2D eigenvalue weighted by Crippen LogP contribution is 2.42. The Balaban J connectivity index is 1.62. The van der Waals surface area contributed by atoms with E-state index in [-0.39, 0.29) is 24.4 Å². The molecule has 0 aliphatic heterocycles. The average molecular weight is 358 g/mol. The summed E-state index contributed by atoms with van der Waals surface area (Å²) in [6.07, 6.45) is 5.10. The van der Waals surface area contributed by atoms with Gasteiger partial charge in [0.2, 0.25) is 11.8 Å². The van der Waals surface area contributed by atoms with Crippen molar-refractivity contribution in [1.29, 1.82) is 0 Å². The molecule has 2 bridgehead atoms. The number of fused-ring (bicyclic) bond motifs is 2. The van der Waals surface area contributed by atoms with E-state index >= 15 is 0 Å². The Hall–Kier alpha value is -2.41. The summed E-state index contributed by atoms with van der Waals surface area (Å²) in [4.78, 5) is 35.5. The van der Waals surface area contributed by atoms with Crippen LogP contribution in [0.1, 0.15) is 42.5 Å². The summed E-state index contributed by atoms with van der Waals surface area (Å²) >= 11 is 0. The van der Waals surface area contributed by atoms with Crippen LogP contribution in [0, 0.1) is 17.8 Å². The third kappa shape index (κ3) is 4.22. The normalized spacial score (nSPS) is 27.4. The van der Waals surface area contributed by atoms with Gasteiger partial charge in [-0.25, -0.2) is 0 Å². The molecule has 3 amide bonds. The molecule has 2 saturated carbocycles. The van der Waals surface area contributed by atoms with E-state index < -0.39 is 11.8 Å². The zero-order chi connectivity index (χ0) is 18.7. The number of benzene rings is 1. The summed E-state index contributed by atoms with van der Waals surface area (Å²) in [5.41, 5.74) is 12.3. The summed E-state index contributed by atoms with van der Waals surface area (Å²) in [5.74, 6) is -0.184. The second kappa shape index (κ2) is 7.86. The van der Waals surface area contributed by atoms with Gasteiger partial charge in [-0.05, 0) is 55.7 Å². The Morgan fingerprint density at radius 1 is 1.12 bits per heavy atom. The second-order valence-electron chi connectivity index (χ2n) is 7.42. The Morgan fingerprint density at radius 3 is 2.46 bits per heavy atom. The molecular formula is C19H26N4O3. The number of nitrogens with one attached hydrogen (secondary N) is 2. The fraction of sp³-hybridized carbons (Fsp3) is 0.526. The highest BCUT2D eigenvalue weighted by molar-refractivity contribution is 5.98. The Kier molecular flexibility index (Phi) is 5.56. The fourth-order valence-corrected chi connectivity index (χ4v) is 4.26. The minimum Gasteiger partial charge on any atom is -0.368 e. The number of nitrogens with two attached hydrogens (primary N) is 2. The van der Waals surface area contributed by atoms with Crippen molar-refractivity contribution in [3.8, 4) is 0 Å². The molecule has 0 heterocycles. The van der Waals surface area contributed by atoms with E-state index in [4.69, 9.17) is 11.5 Å². The zero-order valence-electron chi connectivity index (χ0n) is 14.7. The van der Waals surface area contributed by atoms with Crippen molar-refractivity contribution in [1.82, 2.24) is 5.32 Å². The number of primary amides is 1. The number of amides is 3. The lowest BCUT2D eigenvalue weighted by Gasteiger charge is -2.43. The van der Waals surface area contributed by atoms with Gasteiger partial charge in [0.25, 0.3) is 5.91 Å². The summed E-state index contributed by atoms with van der Waals surface area (Å²) < 4.78 is 0. The van der Waals surface area contributed by atoms with Crippen molar-refractivity contribution in [3.05, 3.63) is 29.8 Å². The van der Waals surface area contributed by atoms with Crippen LogP contribution in [0.2, 0.25) is 0 Å². The van der Waals surface area contributed by atoms with Crippen LogP contribution in [0.25, 0.3) is 0 Å². The number of hydrogen-bond acceptors (Lipinski definition) is 4. The predicted octanol–water partition coefficient (Wildman–Crippen LogP) is 0.994. The highest BCUT2D eigenvalue weighted by Gasteiger charge is 2.40. The lowest BCUT2D eigenvalue weighted by Crippen LogP contribution is -2.48. The van der Waals surface area contributed by atoms with Gasteiger partial charge in [-0.3, -0.25) is 14.4 Å². The maximum atomic E-state index is 12.7. The van der Waals surface area contributed by atoms with E-state index in [0.717, 1.165) is 25.7 Å². The topological polar surface area (TPSA) is 127 Å². The third-order valence-electron chi connectivity index (χ3n) is 5.60. The number of anilines is 1. The van der Waals surface area contributed by atoms with Gasteiger partial charge in [-0.15, -0.1) is 0 Å². The molecule has 0 radical (unpaired) electrons. The van der Waals surface area contributed by atoms with Crippen LogP contribution in [0.15, 0.2) is 24.3 Å². The van der Waals surface area contributed by atoms with Crippen molar-refractivity contribution >= 4 is 23.4 Å². The number of rotatable bonds is 5. The van der Waals surface area contributed by atoms with Crippen molar-refractivity contribution in [2.75, 3.05) is 11.9 Å². The molecule has 2 atom stereocenters. The molecule has 0 spiro atoms. The van der Waals surface area contributed by atoms with Gasteiger partial charge in [0, 0.05) is 23.2 Å². The second-order valence-corrected chi connectivity index (χ2v) is 7.42. The maximum Gasteiger partial charge on any atom is 0.251 e. The van der Waals surface area contributed by atoms with Gasteiger partial charge in [-0.2, -0.15) is 0 Å². The lowest BCUT2D eigenvalue weighted by molar-refractivity contribution is -0.122. The van der Waals surface area contributed by atoms with Crippen molar-refractivity contribution in [2.24, 2.45) is 29.2 Å². The smallest absolute Gasteiger partial charge is 0.251 e. The van der Waals surface area contributed by atoms with Crippen LogP contribution in [-0.4, -0.2) is 30.3 Å². The largest absolute Gasteiger partial charge is 0.368 e. The minimum atomic E-state index is -0.608.